The highest BCUT2D eigenvalue weighted by atomic mass is 32.1. The number of rotatable bonds is 5. The molecule has 0 unspecified atom stereocenters. The van der Waals surface area contributed by atoms with Gasteiger partial charge in [-0.25, -0.2) is 4.98 Å². The van der Waals surface area contributed by atoms with Gasteiger partial charge in [0.2, 0.25) is 0 Å². The van der Waals surface area contributed by atoms with Crippen molar-refractivity contribution in [3.8, 4) is 50.5 Å². The Morgan fingerprint density at radius 1 is 0.435 bits per heavy atom. The SMILES string of the molecule is c1ccc(-c2ccc(-c3ccc4c(c3)sc3c(-c5nc6ccccc6n5-c5ccccc5-c5ccccc5)cccc34)cc2)cc1. The number of hydrogen-bond donors (Lipinski definition) is 0. The van der Waals surface area contributed by atoms with Crippen molar-refractivity contribution in [3.05, 3.63) is 170 Å². The average molecular weight is 605 g/mol. The molecule has 0 spiro atoms. The molecule has 0 amide bonds. The maximum atomic E-state index is 5.28. The second-order valence-electron chi connectivity index (χ2n) is 11.6. The Hall–Kier alpha value is -5.77. The van der Waals surface area contributed by atoms with E-state index in [4.69, 9.17) is 4.98 Å². The minimum absolute atomic E-state index is 0.957. The minimum atomic E-state index is 0.957. The summed E-state index contributed by atoms with van der Waals surface area (Å²) in [7, 11) is 0. The monoisotopic (exact) mass is 604 g/mol. The molecule has 0 bridgehead atoms. The van der Waals surface area contributed by atoms with Gasteiger partial charge in [-0.15, -0.1) is 11.3 Å². The van der Waals surface area contributed by atoms with Crippen LogP contribution in [0.3, 0.4) is 0 Å². The summed E-state index contributed by atoms with van der Waals surface area (Å²) in [5.74, 6) is 0.957. The minimum Gasteiger partial charge on any atom is -0.292 e. The van der Waals surface area contributed by atoms with Crippen LogP contribution in [0.25, 0.3) is 81.7 Å². The van der Waals surface area contributed by atoms with Gasteiger partial charge in [-0.1, -0.05) is 140 Å². The summed E-state index contributed by atoms with van der Waals surface area (Å²) in [4.78, 5) is 5.28. The molecular formula is C43H28N2S. The van der Waals surface area contributed by atoms with E-state index in [1.54, 1.807) is 0 Å². The van der Waals surface area contributed by atoms with Gasteiger partial charge in [0.15, 0.2) is 0 Å². The maximum absolute atomic E-state index is 5.28. The number of nitrogens with zero attached hydrogens (tertiary/aromatic N) is 2. The Bertz CT molecular complexity index is 2510. The van der Waals surface area contributed by atoms with Crippen molar-refractivity contribution in [1.82, 2.24) is 9.55 Å². The van der Waals surface area contributed by atoms with Gasteiger partial charge < -0.3 is 0 Å². The third kappa shape index (κ3) is 4.44. The van der Waals surface area contributed by atoms with Crippen molar-refractivity contribution in [1.29, 1.82) is 0 Å². The quantitative estimate of drug-likeness (QED) is 0.191. The Balaban J connectivity index is 1.21. The lowest BCUT2D eigenvalue weighted by atomic mass is 9.99. The molecule has 0 radical (unpaired) electrons. The molecular weight excluding hydrogens is 577 g/mol. The number of thiophene rings is 1. The normalized spacial score (nSPS) is 11.5. The van der Waals surface area contributed by atoms with E-state index in [0.717, 1.165) is 28.1 Å². The first-order valence-corrected chi connectivity index (χ1v) is 16.4. The Kier molecular flexibility index (Phi) is 6.36. The molecule has 216 valence electrons. The molecule has 2 aromatic heterocycles. The van der Waals surface area contributed by atoms with Crippen LogP contribution in [0, 0.1) is 0 Å². The first-order chi connectivity index (χ1) is 22.8. The Morgan fingerprint density at radius 2 is 1.04 bits per heavy atom. The van der Waals surface area contributed by atoms with Crippen molar-refractivity contribution in [2.75, 3.05) is 0 Å². The highest BCUT2D eigenvalue weighted by Gasteiger charge is 2.20. The van der Waals surface area contributed by atoms with Crippen molar-refractivity contribution < 1.29 is 0 Å². The highest BCUT2D eigenvalue weighted by molar-refractivity contribution is 7.26. The zero-order valence-electron chi connectivity index (χ0n) is 25.0. The molecule has 7 aromatic carbocycles. The summed E-state index contributed by atoms with van der Waals surface area (Å²) >= 11 is 1.85. The van der Waals surface area contributed by atoms with E-state index in [0.29, 0.717) is 0 Å². The maximum Gasteiger partial charge on any atom is 0.147 e. The summed E-state index contributed by atoms with van der Waals surface area (Å²) in [6, 6.07) is 60.7. The largest absolute Gasteiger partial charge is 0.292 e. The zero-order valence-corrected chi connectivity index (χ0v) is 25.8. The molecule has 0 aliphatic rings. The standard InChI is InChI=1S/C43H28N2S/c1-3-12-29(13-4-1)30-22-24-31(25-23-30)33-26-27-35-36-17-11-18-37(42(36)46-41(35)28-33)43-44-38-19-8-10-21-40(38)45(43)39-20-9-7-16-34(39)32-14-5-2-6-15-32/h1-28H. The fourth-order valence-corrected chi connectivity index (χ4v) is 7.87. The molecule has 0 saturated carbocycles. The van der Waals surface area contributed by atoms with Crippen LogP contribution in [0.1, 0.15) is 0 Å². The number of hydrogen-bond acceptors (Lipinski definition) is 2. The lowest BCUT2D eigenvalue weighted by molar-refractivity contribution is 1.11. The van der Waals surface area contributed by atoms with Gasteiger partial charge >= 0.3 is 0 Å². The Morgan fingerprint density at radius 3 is 1.85 bits per heavy atom. The lowest BCUT2D eigenvalue weighted by Gasteiger charge is -2.15. The van der Waals surface area contributed by atoms with Crippen LogP contribution in [-0.2, 0) is 0 Å². The van der Waals surface area contributed by atoms with E-state index in [1.807, 2.05) is 11.3 Å². The summed E-state index contributed by atoms with van der Waals surface area (Å²) in [5.41, 5.74) is 11.6. The van der Waals surface area contributed by atoms with Crippen LogP contribution in [-0.4, -0.2) is 9.55 Å². The first-order valence-electron chi connectivity index (χ1n) is 15.6. The highest BCUT2D eigenvalue weighted by Crippen LogP contribution is 2.43. The predicted molar refractivity (Wildman–Crippen MR) is 196 cm³/mol. The van der Waals surface area contributed by atoms with Crippen molar-refractivity contribution in [3.63, 3.8) is 0 Å². The molecule has 0 fully saturated rings. The smallest absolute Gasteiger partial charge is 0.147 e. The van der Waals surface area contributed by atoms with Gasteiger partial charge in [0.05, 0.1) is 16.7 Å². The van der Waals surface area contributed by atoms with E-state index < -0.39 is 0 Å². The van der Waals surface area contributed by atoms with Gasteiger partial charge in [-0.3, -0.25) is 4.57 Å². The third-order valence-electron chi connectivity index (χ3n) is 8.86. The fourth-order valence-electron chi connectivity index (χ4n) is 6.62. The number of fused-ring (bicyclic) bond motifs is 4. The van der Waals surface area contributed by atoms with Gasteiger partial charge in [-0.2, -0.15) is 0 Å². The van der Waals surface area contributed by atoms with Crippen molar-refractivity contribution in [2.45, 2.75) is 0 Å². The molecule has 9 aromatic rings. The second-order valence-corrected chi connectivity index (χ2v) is 12.6. The zero-order chi connectivity index (χ0) is 30.5. The van der Waals surface area contributed by atoms with Gasteiger partial charge in [-0.05, 0) is 58.1 Å². The van der Waals surface area contributed by atoms with E-state index in [-0.39, 0.29) is 0 Å². The molecule has 0 aliphatic heterocycles. The van der Waals surface area contributed by atoms with Gasteiger partial charge in [0, 0.05) is 31.3 Å². The summed E-state index contributed by atoms with van der Waals surface area (Å²) < 4.78 is 4.87. The molecule has 3 heteroatoms. The van der Waals surface area contributed by atoms with Crippen molar-refractivity contribution >= 4 is 42.5 Å². The first kappa shape index (κ1) is 26.6. The van der Waals surface area contributed by atoms with Crippen LogP contribution in [0.4, 0.5) is 0 Å². The van der Waals surface area contributed by atoms with E-state index >= 15 is 0 Å². The van der Waals surface area contributed by atoms with Crippen LogP contribution in [0.5, 0.6) is 0 Å². The molecule has 46 heavy (non-hydrogen) atoms. The van der Waals surface area contributed by atoms with E-state index in [2.05, 4.69) is 174 Å². The van der Waals surface area contributed by atoms with Crippen LogP contribution in [0.2, 0.25) is 0 Å². The molecule has 2 nitrogen and oxygen atoms in total. The van der Waals surface area contributed by atoms with Gasteiger partial charge in [0.25, 0.3) is 0 Å². The summed E-state index contributed by atoms with van der Waals surface area (Å²) in [5, 5.41) is 2.54. The molecule has 2 heterocycles. The van der Waals surface area contributed by atoms with Gasteiger partial charge in [0.1, 0.15) is 5.82 Å². The second kappa shape index (κ2) is 11.0. The average Bonchev–Trinajstić information content (AvgIpc) is 3.71. The summed E-state index contributed by atoms with van der Waals surface area (Å²) in [6.45, 7) is 0. The molecule has 0 N–H and O–H groups in total. The lowest BCUT2D eigenvalue weighted by Crippen LogP contribution is -2.00. The Labute approximate surface area is 271 Å². The molecule has 0 aliphatic carbocycles. The number of aromatic nitrogens is 2. The van der Waals surface area contributed by atoms with Crippen molar-refractivity contribution in [2.24, 2.45) is 0 Å². The number of benzene rings is 7. The molecule has 0 atom stereocenters. The topological polar surface area (TPSA) is 17.8 Å². The van der Waals surface area contributed by atoms with Crippen LogP contribution >= 0.6 is 11.3 Å². The number of para-hydroxylation sites is 3. The van der Waals surface area contributed by atoms with E-state index in [1.165, 1.54) is 53.6 Å². The third-order valence-corrected chi connectivity index (χ3v) is 10.1. The van der Waals surface area contributed by atoms with E-state index in [9.17, 15) is 0 Å². The predicted octanol–water partition coefficient (Wildman–Crippen LogP) is 12.1. The number of imidazole rings is 1. The molecule has 9 rings (SSSR count). The van der Waals surface area contributed by atoms with Crippen LogP contribution in [0.15, 0.2) is 170 Å². The summed E-state index contributed by atoms with van der Waals surface area (Å²) in [6.07, 6.45) is 0. The molecule has 0 saturated heterocycles. The fraction of sp³-hybridized carbons (Fsp3) is 0. The van der Waals surface area contributed by atoms with Crippen LogP contribution < -0.4 is 0 Å².